The molecule has 0 N–H and O–H groups in total. The number of benzene rings is 2. The van der Waals surface area contributed by atoms with Crippen LogP contribution in [0.3, 0.4) is 0 Å². The minimum Gasteiger partial charge on any atom is -0.804 e. The highest BCUT2D eigenvalue weighted by atomic mass is 32.1. The molecule has 0 heterocycles. The van der Waals surface area contributed by atoms with Crippen LogP contribution in [-0.2, 0) is 0 Å². The minimum atomic E-state index is -0.182. The third kappa shape index (κ3) is 3.67. The lowest BCUT2D eigenvalue weighted by atomic mass is 10.0. The highest BCUT2D eigenvalue weighted by Crippen LogP contribution is 2.30. The molecule has 0 aliphatic carbocycles. The first-order chi connectivity index (χ1) is 10.1. The predicted molar refractivity (Wildman–Crippen MR) is 93.2 cm³/mol. The summed E-state index contributed by atoms with van der Waals surface area (Å²) in [6.45, 7) is 0. The van der Waals surface area contributed by atoms with Crippen LogP contribution in [-0.4, -0.2) is 28.6 Å². The molecule has 3 nitrogen and oxygen atoms in total. The van der Waals surface area contributed by atoms with Crippen LogP contribution in [0.4, 0.5) is 5.69 Å². The Morgan fingerprint density at radius 3 is 2.29 bits per heavy atom. The van der Waals surface area contributed by atoms with Crippen LogP contribution in [0, 0.1) is 0 Å². The molecule has 2 rings (SSSR count). The molecule has 0 radical (unpaired) electrons. The Morgan fingerprint density at radius 1 is 1.05 bits per heavy atom. The predicted octanol–water partition coefficient (Wildman–Crippen LogP) is 2.65. The summed E-state index contributed by atoms with van der Waals surface area (Å²) < 4.78 is 2.41. The molecule has 0 aromatic heterocycles. The van der Waals surface area contributed by atoms with Crippen LogP contribution in [0.2, 0.25) is 0 Å². The smallest absolute Gasteiger partial charge is 0.0649 e. The van der Waals surface area contributed by atoms with Gasteiger partial charge in [-0.05, 0) is 23.8 Å². The molecule has 0 saturated heterocycles. The largest absolute Gasteiger partial charge is 0.804 e. The van der Waals surface area contributed by atoms with E-state index < -0.39 is 0 Å². The van der Waals surface area contributed by atoms with Gasteiger partial charge in [-0.25, -0.2) is 5.01 Å². The second kappa shape index (κ2) is 7.31. The van der Waals surface area contributed by atoms with Crippen molar-refractivity contribution in [1.29, 1.82) is 0 Å². The summed E-state index contributed by atoms with van der Waals surface area (Å²) >= 11 is 4.66. The zero-order valence-electron chi connectivity index (χ0n) is 11.8. The number of hydrogen-bond acceptors (Lipinski definition) is 3. The average molecular weight is 315 g/mol. The molecule has 0 atom stereocenters. The molecule has 0 unspecified atom stereocenters. The van der Waals surface area contributed by atoms with Gasteiger partial charge in [-0.2, -0.15) is 0 Å². The molecule has 21 heavy (non-hydrogen) atoms. The molecule has 5 heteroatoms. The Hall–Kier alpha value is -1.75. The summed E-state index contributed by atoms with van der Waals surface area (Å²) in [5, 5.41) is 15.4. The van der Waals surface area contributed by atoms with Gasteiger partial charge < -0.3 is 5.11 Å². The van der Waals surface area contributed by atoms with Crippen LogP contribution in [0.25, 0.3) is 11.1 Å². The van der Waals surface area contributed by atoms with Crippen LogP contribution in [0.5, 0.6) is 0 Å². The molecular formula is C16H15N2OS2-. The lowest BCUT2D eigenvalue weighted by Gasteiger charge is -2.36. The number of thiocarbonyl (C=S) groups is 1. The van der Waals surface area contributed by atoms with Crippen molar-refractivity contribution in [3.05, 3.63) is 54.6 Å². The van der Waals surface area contributed by atoms with E-state index in [-0.39, 0.29) is 5.17 Å². The van der Waals surface area contributed by atoms with Crippen molar-refractivity contribution in [1.82, 2.24) is 5.01 Å². The van der Waals surface area contributed by atoms with Crippen molar-refractivity contribution in [2.75, 3.05) is 19.1 Å². The van der Waals surface area contributed by atoms with Crippen LogP contribution >= 0.6 is 23.2 Å². The summed E-state index contributed by atoms with van der Waals surface area (Å²) in [6, 6.07) is 17.8. The van der Waals surface area contributed by atoms with E-state index in [1.165, 1.54) is 0 Å². The summed E-state index contributed by atoms with van der Waals surface area (Å²) in [4.78, 5) is 0. The van der Waals surface area contributed by atoms with Gasteiger partial charge >= 0.3 is 0 Å². The van der Waals surface area contributed by atoms with E-state index in [1.54, 1.807) is 10.0 Å². The number of anilines is 1. The van der Waals surface area contributed by atoms with Gasteiger partial charge in [-0.3, -0.25) is 5.01 Å². The quantitative estimate of drug-likeness (QED) is 0.643. The van der Waals surface area contributed by atoms with Gasteiger partial charge in [-0.15, -0.1) is 0 Å². The second-order valence-electron chi connectivity index (χ2n) is 4.49. The van der Waals surface area contributed by atoms with E-state index in [0.29, 0.717) is 0 Å². The summed E-state index contributed by atoms with van der Waals surface area (Å²) in [5.74, 6) is 0. The van der Waals surface area contributed by atoms with Crippen molar-refractivity contribution < 1.29 is 5.11 Å². The number of nitrogens with zero attached hydrogens (tertiary/aromatic N) is 2. The van der Waals surface area contributed by atoms with Crippen LogP contribution in [0.1, 0.15) is 0 Å². The van der Waals surface area contributed by atoms with E-state index in [9.17, 15) is 5.11 Å². The van der Waals surface area contributed by atoms with Gasteiger partial charge in [0.2, 0.25) is 0 Å². The molecule has 0 saturated carbocycles. The monoisotopic (exact) mass is 315 g/mol. The Morgan fingerprint density at radius 2 is 1.67 bits per heavy atom. The zero-order valence-corrected chi connectivity index (χ0v) is 13.4. The summed E-state index contributed by atoms with van der Waals surface area (Å²) in [7, 11) is 4.52. The molecule has 2 aromatic rings. The zero-order chi connectivity index (χ0) is 15.2. The van der Waals surface area contributed by atoms with E-state index in [1.807, 2.05) is 68.7 Å². The highest BCUT2D eigenvalue weighted by Gasteiger charge is 2.13. The maximum Gasteiger partial charge on any atom is 0.0649 e. The van der Waals surface area contributed by atoms with Crippen LogP contribution in [0.15, 0.2) is 54.6 Å². The molecule has 0 spiro atoms. The van der Waals surface area contributed by atoms with Crippen LogP contribution < -0.4 is 10.1 Å². The average Bonchev–Trinajstić information content (AvgIpc) is 2.49. The first kappa shape index (κ1) is 15.6. The Kier molecular flexibility index (Phi) is 5.44. The molecule has 0 bridgehead atoms. The standard InChI is InChI=1S/C16H16N2OS2/c1-17(2)18(16(19)21-12-20)15-11-7-6-10-14(15)13-8-4-3-5-9-13/h3-11,19H,1-2H3/p-1. The number of hydrogen-bond donors (Lipinski definition) is 0. The van der Waals surface area contributed by atoms with Gasteiger partial charge in [0.15, 0.2) is 0 Å². The van der Waals surface area contributed by atoms with Gasteiger partial charge in [0, 0.05) is 29.1 Å². The second-order valence-corrected chi connectivity index (χ2v) is 5.71. The number of rotatable bonds is 3. The molecule has 2 aromatic carbocycles. The van der Waals surface area contributed by atoms with Gasteiger partial charge in [0.1, 0.15) is 0 Å². The van der Waals surface area contributed by atoms with Crippen molar-refractivity contribution in [2.24, 2.45) is 0 Å². The Labute approximate surface area is 133 Å². The Balaban J connectivity index is 2.63. The van der Waals surface area contributed by atoms with E-state index in [2.05, 4.69) is 16.5 Å². The van der Waals surface area contributed by atoms with E-state index >= 15 is 0 Å². The number of hydrazine groups is 1. The molecule has 0 aliphatic heterocycles. The van der Waals surface area contributed by atoms with Crippen molar-refractivity contribution >= 4 is 38.3 Å². The SMILES string of the molecule is CN(C)N(C([O-])=S=C=S)c1ccccc1-c1ccccc1. The highest BCUT2D eigenvalue weighted by molar-refractivity contribution is 8.04. The third-order valence-corrected chi connectivity index (χ3v) is 3.60. The normalized spacial score (nSPS) is 10.1. The summed E-state index contributed by atoms with van der Waals surface area (Å²) in [6.07, 6.45) is 0. The van der Waals surface area contributed by atoms with Gasteiger partial charge in [-0.1, -0.05) is 59.5 Å². The molecular weight excluding hydrogens is 300 g/mol. The lowest BCUT2D eigenvalue weighted by molar-refractivity contribution is -0.214. The maximum atomic E-state index is 12.3. The van der Waals surface area contributed by atoms with Crippen molar-refractivity contribution in [3.63, 3.8) is 0 Å². The van der Waals surface area contributed by atoms with E-state index in [4.69, 9.17) is 0 Å². The fourth-order valence-corrected chi connectivity index (χ4v) is 2.71. The fourth-order valence-electron chi connectivity index (χ4n) is 2.08. The maximum absolute atomic E-state index is 12.3. The minimum absolute atomic E-state index is 0.182. The Bertz CT molecular complexity index is 703. The lowest BCUT2D eigenvalue weighted by Crippen LogP contribution is -2.47. The summed E-state index contributed by atoms with van der Waals surface area (Å²) in [5.41, 5.74) is 2.87. The molecule has 0 aliphatic rings. The molecule has 0 amide bonds. The first-order valence-electron chi connectivity index (χ1n) is 6.35. The molecule has 108 valence electrons. The number of para-hydroxylation sites is 1. The molecule has 0 fully saturated rings. The van der Waals surface area contributed by atoms with Crippen molar-refractivity contribution in [2.45, 2.75) is 0 Å². The topological polar surface area (TPSA) is 29.5 Å². The fraction of sp³-hybridized carbons (Fsp3) is 0.125. The van der Waals surface area contributed by atoms with Gasteiger partial charge in [0.05, 0.1) is 5.69 Å². The first-order valence-corrected chi connectivity index (χ1v) is 7.57. The third-order valence-electron chi connectivity index (χ3n) is 2.92. The van der Waals surface area contributed by atoms with Gasteiger partial charge in [0.25, 0.3) is 0 Å². The van der Waals surface area contributed by atoms with E-state index in [0.717, 1.165) is 27.8 Å². The van der Waals surface area contributed by atoms with Crippen molar-refractivity contribution in [3.8, 4) is 11.1 Å².